The second-order valence-corrected chi connectivity index (χ2v) is 8.07. The molecule has 2 fully saturated rings. The Bertz CT molecular complexity index is 811. The Balaban J connectivity index is 1.54. The second-order valence-electron chi connectivity index (χ2n) is 8.07. The number of hydrogen-bond donors (Lipinski definition) is 1. The minimum absolute atomic E-state index is 0.000529. The van der Waals surface area contributed by atoms with Gasteiger partial charge in [0, 0.05) is 11.2 Å². The van der Waals surface area contributed by atoms with E-state index in [1.165, 1.54) is 17.7 Å². The number of carbonyl (C=O) groups is 1. The normalized spacial score (nSPS) is 28.0. The predicted octanol–water partition coefficient (Wildman–Crippen LogP) is 4.13. The summed E-state index contributed by atoms with van der Waals surface area (Å²) in [7, 11) is 4.28. The third-order valence-electron chi connectivity index (χ3n) is 6.42. The van der Waals surface area contributed by atoms with Crippen LogP contribution in [-0.4, -0.2) is 37.1 Å². The third kappa shape index (κ3) is 3.10. The van der Waals surface area contributed by atoms with Crippen LogP contribution in [0.2, 0.25) is 0 Å². The fraction of sp³-hybridized carbons (Fsp3) is 0.409. The molecule has 1 aliphatic heterocycles. The largest absolute Gasteiger partial charge is 0.330 e. The maximum atomic E-state index is 13.2. The SMILES string of the molecule is CN(C)[C@]1(c2ccccc2)CC[C@@]2(CC1)CN(c1ccc(F)cc1)C(=O)N2. The van der Waals surface area contributed by atoms with Crippen LogP contribution in [0, 0.1) is 5.82 Å². The van der Waals surface area contributed by atoms with Crippen molar-refractivity contribution in [1.82, 2.24) is 10.2 Å². The van der Waals surface area contributed by atoms with Gasteiger partial charge in [0.05, 0.1) is 12.1 Å². The molecule has 2 aromatic carbocycles. The summed E-state index contributed by atoms with van der Waals surface area (Å²) in [6, 6.07) is 16.7. The van der Waals surface area contributed by atoms with Crippen LogP contribution in [0.15, 0.2) is 54.6 Å². The average Bonchev–Trinajstić information content (AvgIpc) is 3.00. The summed E-state index contributed by atoms with van der Waals surface area (Å²) < 4.78 is 13.2. The number of nitrogens with one attached hydrogen (secondary N) is 1. The first-order valence-corrected chi connectivity index (χ1v) is 9.52. The summed E-state index contributed by atoms with van der Waals surface area (Å²) in [5, 5.41) is 3.24. The molecule has 0 aromatic heterocycles. The van der Waals surface area contributed by atoms with Crippen LogP contribution in [0.1, 0.15) is 31.2 Å². The zero-order chi connectivity index (χ0) is 19.1. The van der Waals surface area contributed by atoms with Gasteiger partial charge in [0.15, 0.2) is 0 Å². The summed E-state index contributed by atoms with van der Waals surface area (Å²) in [5.74, 6) is -0.288. The monoisotopic (exact) mass is 367 g/mol. The van der Waals surface area contributed by atoms with Gasteiger partial charge in [-0.2, -0.15) is 0 Å². The number of carbonyl (C=O) groups excluding carboxylic acids is 1. The van der Waals surface area contributed by atoms with Gasteiger partial charge in [-0.05, 0) is 69.6 Å². The molecule has 0 bridgehead atoms. The zero-order valence-electron chi connectivity index (χ0n) is 15.9. The Morgan fingerprint density at radius 3 is 2.19 bits per heavy atom. The number of rotatable bonds is 3. The van der Waals surface area contributed by atoms with E-state index in [1.807, 2.05) is 0 Å². The first-order valence-electron chi connectivity index (χ1n) is 9.52. The number of urea groups is 1. The van der Waals surface area contributed by atoms with Crippen molar-refractivity contribution in [3.8, 4) is 0 Å². The lowest BCUT2D eigenvalue weighted by Crippen LogP contribution is -2.54. The quantitative estimate of drug-likeness (QED) is 0.886. The predicted molar refractivity (Wildman–Crippen MR) is 105 cm³/mol. The molecule has 4 nitrogen and oxygen atoms in total. The molecule has 0 atom stereocenters. The first-order chi connectivity index (χ1) is 12.9. The highest BCUT2D eigenvalue weighted by Crippen LogP contribution is 2.46. The molecule has 2 amide bonds. The second kappa shape index (κ2) is 6.64. The van der Waals surface area contributed by atoms with Gasteiger partial charge in [0.2, 0.25) is 0 Å². The summed E-state index contributed by atoms with van der Waals surface area (Å²) in [5.41, 5.74) is 1.88. The number of halogens is 1. The lowest BCUT2D eigenvalue weighted by atomic mass is 9.69. The molecule has 5 heteroatoms. The zero-order valence-corrected chi connectivity index (χ0v) is 15.9. The summed E-state index contributed by atoms with van der Waals surface area (Å²) in [4.78, 5) is 16.7. The van der Waals surface area contributed by atoms with Crippen molar-refractivity contribution in [2.24, 2.45) is 0 Å². The molecule has 27 heavy (non-hydrogen) atoms. The van der Waals surface area contributed by atoms with Gasteiger partial charge in [0.1, 0.15) is 5.82 Å². The number of benzene rings is 2. The third-order valence-corrected chi connectivity index (χ3v) is 6.42. The van der Waals surface area contributed by atoms with E-state index in [-0.39, 0.29) is 22.9 Å². The van der Waals surface area contributed by atoms with Crippen molar-refractivity contribution in [2.45, 2.75) is 36.8 Å². The van der Waals surface area contributed by atoms with E-state index in [0.29, 0.717) is 6.54 Å². The molecule has 1 heterocycles. The molecular weight excluding hydrogens is 341 g/mol. The Labute approximate surface area is 160 Å². The van der Waals surface area contributed by atoms with Gasteiger partial charge in [-0.15, -0.1) is 0 Å². The van der Waals surface area contributed by atoms with Crippen LogP contribution >= 0.6 is 0 Å². The molecule has 1 spiro atoms. The topological polar surface area (TPSA) is 35.6 Å². The Morgan fingerprint density at radius 2 is 1.59 bits per heavy atom. The van der Waals surface area contributed by atoms with Gasteiger partial charge >= 0.3 is 6.03 Å². The fourth-order valence-electron chi connectivity index (χ4n) is 4.71. The van der Waals surface area contributed by atoms with Crippen LogP contribution in [-0.2, 0) is 5.54 Å². The number of amides is 2. The maximum absolute atomic E-state index is 13.2. The lowest BCUT2D eigenvalue weighted by molar-refractivity contribution is 0.0658. The average molecular weight is 367 g/mol. The van der Waals surface area contributed by atoms with Gasteiger partial charge in [-0.1, -0.05) is 30.3 Å². The molecule has 0 radical (unpaired) electrons. The first kappa shape index (κ1) is 18.0. The van der Waals surface area contributed by atoms with Crippen molar-refractivity contribution in [3.63, 3.8) is 0 Å². The molecule has 142 valence electrons. The lowest BCUT2D eigenvalue weighted by Gasteiger charge is -2.48. The number of anilines is 1. The van der Waals surface area contributed by atoms with E-state index < -0.39 is 0 Å². The van der Waals surface area contributed by atoms with Crippen LogP contribution in [0.5, 0.6) is 0 Å². The molecular formula is C22H26FN3O. The van der Waals surface area contributed by atoms with E-state index >= 15 is 0 Å². The molecule has 1 aliphatic carbocycles. The van der Waals surface area contributed by atoms with Gasteiger partial charge in [-0.25, -0.2) is 9.18 Å². The Morgan fingerprint density at radius 1 is 0.963 bits per heavy atom. The maximum Gasteiger partial charge on any atom is 0.322 e. The van der Waals surface area contributed by atoms with Gasteiger partial charge < -0.3 is 5.32 Å². The highest BCUT2D eigenvalue weighted by Gasteiger charge is 2.50. The Kier molecular flexibility index (Phi) is 4.42. The molecule has 0 unspecified atom stereocenters. The number of hydrogen-bond acceptors (Lipinski definition) is 2. The Hall–Kier alpha value is -2.40. The summed E-state index contributed by atoms with van der Waals surface area (Å²) in [6.45, 7) is 0.635. The van der Waals surface area contributed by atoms with Crippen LogP contribution in [0.3, 0.4) is 0 Å². The van der Waals surface area contributed by atoms with Crippen molar-refractivity contribution in [2.75, 3.05) is 25.5 Å². The van der Waals surface area contributed by atoms with Gasteiger partial charge in [-0.3, -0.25) is 9.80 Å². The highest BCUT2D eigenvalue weighted by atomic mass is 19.1. The molecule has 1 N–H and O–H groups in total. The number of nitrogens with zero attached hydrogens (tertiary/aromatic N) is 2. The molecule has 2 aliphatic rings. The van der Waals surface area contributed by atoms with Crippen molar-refractivity contribution in [1.29, 1.82) is 0 Å². The summed E-state index contributed by atoms with van der Waals surface area (Å²) in [6.07, 6.45) is 3.82. The molecule has 1 saturated heterocycles. The van der Waals surface area contributed by atoms with E-state index in [4.69, 9.17) is 0 Å². The van der Waals surface area contributed by atoms with Crippen molar-refractivity contribution < 1.29 is 9.18 Å². The van der Waals surface area contributed by atoms with E-state index in [9.17, 15) is 9.18 Å². The van der Waals surface area contributed by atoms with Crippen LogP contribution < -0.4 is 10.2 Å². The van der Waals surface area contributed by atoms with E-state index in [1.54, 1.807) is 17.0 Å². The van der Waals surface area contributed by atoms with Gasteiger partial charge in [0.25, 0.3) is 0 Å². The van der Waals surface area contributed by atoms with Crippen molar-refractivity contribution in [3.05, 3.63) is 66.0 Å². The van der Waals surface area contributed by atoms with E-state index in [2.05, 4.69) is 54.6 Å². The smallest absolute Gasteiger partial charge is 0.322 e. The minimum atomic E-state index is -0.288. The molecule has 2 aromatic rings. The van der Waals surface area contributed by atoms with Crippen LogP contribution in [0.4, 0.5) is 14.9 Å². The molecule has 4 rings (SSSR count). The van der Waals surface area contributed by atoms with Crippen LogP contribution in [0.25, 0.3) is 0 Å². The summed E-state index contributed by atoms with van der Waals surface area (Å²) >= 11 is 0. The van der Waals surface area contributed by atoms with Crippen molar-refractivity contribution >= 4 is 11.7 Å². The fourth-order valence-corrected chi connectivity index (χ4v) is 4.71. The molecule has 1 saturated carbocycles. The standard InChI is InChI=1S/C22H26FN3O/c1-25(2)22(17-6-4-3-5-7-17)14-12-21(13-15-22)16-26(20(27)24-21)19-10-8-18(23)9-11-19/h3-11H,12-16H2,1-2H3,(H,24,27)/t21-,22-. The highest BCUT2D eigenvalue weighted by molar-refractivity contribution is 5.95. The van der Waals surface area contributed by atoms with E-state index in [0.717, 1.165) is 31.4 Å². The minimum Gasteiger partial charge on any atom is -0.330 e.